The summed E-state index contributed by atoms with van der Waals surface area (Å²) in [6.07, 6.45) is 0.497. The highest BCUT2D eigenvalue weighted by molar-refractivity contribution is 5.96. The van der Waals surface area contributed by atoms with Crippen LogP contribution in [0.2, 0.25) is 0 Å². The Morgan fingerprint density at radius 2 is 1.79 bits per heavy atom. The van der Waals surface area contributed by atoms with E-state index < -0.39 is 28.7 Å². The minimum atomic E-state index is -2.61. The number of fused-ring (bicyclic) bond motifs is 1. The van der Waals surface area contributed by atoms with E-state index in [1.165, 1.54) is 4.90 Å². The fraction of sp³-hybridized carbons (Fsp3) is 0.667. The second-order valence-electron chi connectivity index (χ2n) is 7.59. The van der Waals surface area contributed by atoms with E-state index in [0.29, 0.717) is 37.3 Å². The van der Waals surface area contributed by atoms with Crippen LogP contribution >= 0.6 is 0 Å². The number of alkyl halides is 2. The molecule has 2 saturated carbocycles. The van der Waals surface area contributed by atoms with Crippen molar-refractivity contribution in [2.24, 2.45) is 16.9 Å². The smallest absolute Gasteiger partial charge is 0.315 e. The third kappa shape index (κ3) is 1.83. The zero-order chi connectivity index (χ0) is 17.5. The highest BCUT2D eigenvalue weighted by Gasteiger charge is 2.79. The Kier molecular flexibility index (Phi) is 2.72. The first-order valence-electron chi connectivity index (χ1n) is 7.91. The summed E-state index contributed by atoms with van der Waals surface area (Å²) in [7, 11) is 0. The number of nitrogens with zero attached hydrogens (tertiary/aromatic N) is 3. The first-order valence-corrected chi connectivity index (χ1v) is 7.91. The molecule has 0 aromatic carbocycles. The van der Waals surface area contributed by atoms with E-state index in [9.17, 15) is 18.4 Å². The van der Waals surface area contributed by atoms with Gasteiger partial charge in [-0.1, -0.05) is 6.92 Å². The van der Waals surface area contributed by atoms with Gasteiger partial charge in [-0.05, 0) is 12.8 Å². The number of rotatable bonds is 2. The lowest BCUT2D eigenvalue weighted by atomic mass is 9.58. The lowest BCUT2D eigenvalue weighted by Crippen LogP contribution is -2.44. The Morgan fingerprint density at radius 3 is 2.29 bits per heavy atom. The molecule has 2 aliphatic carbocycles. The molecule has 0 radical (unpaired) electrons. The molecular formula is C15H19F2N5O2. The Labute approximate surface area is 136 Å². The number of amides is 3. The Balaban J connectivity index is 1.71. The molecule has 1 aliphatic heterocycles. The van der Waals surface area contributed by atoms with Crippen LogP contribution in [0.5, 0.6) is 0 Å². The molecule has 1 aromatic rings. The van der Waals surface area contributed by atoms with Gasteiger partial charge in [-0.3, -0.25) is 9.48 Å². The predicted molar refractivity (Wildman–Crippen MR) is 79.3 cm³/mol. The van der Waals surface area contributed by atoms with E-state index in [2.05, 4.69) is 5.10 Å². The van der Waals surface area contributed by atoms with Crippen molar-refractivity contribution in [3.8, 4) is 0 Å². The summed E-state index contributed by atoms with van der Waals surface area (Å²) in [6.45, 7) is 2.79. The van der Waals surface area contributed by atoms with Crippen LogP contribution in [-0.2, 0) is 18.5 Å². The van der Waals surface area contributed by atoms with Gasteiger partial charge >= 0.3 is 6.03 Å². The van der Waals surface area contributed by atoms with Crippen LogP contribution in [0.25, 0.3) is 0 Å². The van der Waals surface area contributed by atoms with Gasteiger partial charge in [0.05, 0.1) is 30.0 Å². The quantitative estimate of drug-likeness (QED) is 0.837. The Bertz CT molecular complexity index is 766. The zero-order valence-electron chi connectivity index (χ0n) is 13.3. The van der Waals surface area contributed by atoms with Gasteiger partial charge in [0.15, 0.2) is 0 Å². The fourth-order valence-electron chi connectivity index (χ4n) is 4.56. The number of hydrogen-bond acceptors (Lipinski definition) is 3. The maximum atomic E-state index is 13.5. The molecule has 1 aromatic heterocycles. The van der Waals surface area contributed by atoms with Crippen LogP contribution in [-0.4, -0.2) is 39.1 Å². The van der Waals surface area contributed by atoms with Crippen LogP contribution in [0.1, 0.15) is 47.9 Å². The predicted octanol–water partition coefficient (Wildman–Crippen LogP) is 0.953. The number of hydrogen-bond donors (Lipinski definition) is 2. The first kappa shape index (κ1) is 15.3. The summed E-state index contributed by atoms with van der Waals surface area (Å²) in [5.74, 6) is -3.26. The van der Waals surface area contributed by atoms with E-state index in [4.69, 9.17) is 11.5 Å². The van der Waals surface area contributed by atoms with Crippen molar-refractivity contribution in [1.29, 1.82) is 0 Å². The van der Waals surface area contributed by atoms with Gasteiger partial charge in [-0.15, -0.1) is 0 Å². The van der Waals surface area contributed by atoms with Gasteiger partial charge in [0, 0.05) is 23.8 Å². The Morgan fingerprint density at radius 1 is 1.17 bits per heavy atom. The topological polar surface area (TPSA) is 107 Å². The zero-order valence-corrected chi connectivity index (χ0v) is 13.3. The van der Waals surface area contributed by atoms with Gasteiger partial charge in [-0.25, -0.2) is 13.6 Å². The molecule has 3 aliphatic rings. The first-order chi connectivity index (χ1) is 11.1. The highest BCUT2D eigenvalue weighted by atomic mass is 19.3. The summed E-state index contributed by atoms with van der Waals surface area (Å²) in [6, 6.07) is -0.578. The number of nitrogens with two attached hydrogens (primary N) is 2. The van der Waals surface area contributed by atoms with Crippen molar-refractivity contribution in [1.82, 2.24) is 14.7 Å². The molecule has 2 heterocycles. The summed E-state index contributed by atoms with van der Waals surface area (Å²) in [5.41, 5.74) is 10.6. The lowest BCUT2D eigenvalue weighted by molar-refractivity contribution is -0.00997. The van der Waals surface area contributed by atoms with Crippen molar-refractivity contribution < 1.29 is 18.4 Å². The highest BCUT2D eigenvalue weighted by Crippen LogP contribution is 2.76. The monoisotopic (exact) mass is 339 g/mol. The fourth-order valence-corrected chi connectivity index (χ4v) is 4.56. The van der Waals surface area contributed by atoms with Gasteiger partial charge in [0.25, 0.3) is 11.8 Å². The van der Waals surface area contributed by atoms with Crippen molar-refractivity contribution in [3.63, 3.8) is 0 Å². The van der Waals surface area contributed by atoms with Crippen molar-refractivity contribution in [2.75, 3.05) is 6.54 Å². The maximum absolute atomic E-state index is 13.5. The van der Waals surface area contributed by atoms with E-state index in [1.807, 2.05) is 6.92 Å². The Hall–Kier alpha value is -2.19. The number of carbonyl (C=O) groups excluding carboxylic acids is 2. The van der Waals surface area contributed by atoms with E-state index in [1.54, 1.807) is 4.68 Å². The largest absolute Gasteiger partial charge is 0.365 e. The van der Waals surface area contributed by atoms with Crippen LogP contribution < -0.4 is 11.5 Å². The normalized spacial score (nSPS) is 33.0. The van der Waals surface area contributed by atoms with Crippen LogP contribution in [0.15, 0.2) is 0 Å². The van der Waals surface area contributed by atoms with E-state index >= 15 is 0 Å². The lowest BCUT2D eigenvalue weighted by Gasteiger charge is -2.45. The van der Waals surface area contributed by atoms with Gasteiger partial charge in [0.1, 0.15) is 0 Å². The molecule has 130 valence electrons. The molecule has 2 fully saturated rings. The standard InChI is InChI=1S/C15H19F2N5O2/c1-13(5-14(6-13)7-15(14,16)17)10-9(11(18)23)8-4-21(12(19)24)2-3-22(8)20-10/h2-7H2,1H3,(H2,18,23)(H2,19,24). The van der Waals surface area contributed by atoms with Crippen molar-refractivity contribution in [3.05, 3.63) is 17.0 Å². The summed E-state index contributed by atoms with van der Waals surface area (Å²) in [5, 5.41) is 4.49. The molecule has 4 rings (SSSR count). The van der Waals surface area contributed by atoms with Gasteiger partial charge in [-0.2, -0.15) is 5.10 Å². The number of carbonyl (C=O) groups is 2. The SMILES string of the molecule is CC1(c2nn3c(c2C(N)=O)CN(C(N)=O)CC3)CC2(C1)CC2(F)F. The third-order valence-electron chi connectivity index (χ3n) is 5.78. The second kappa shape index (κ2) is 4.25. The second-order valence-corrected chi connectivity index (χ2v) is 7.59. The molecule has 7 nitrogen and oxygen atoms in total. The van der Waals surface area contributed by atoms with E-state index in [-0.39, 0.29) is 18.5 Å². The average Bonchev–Trinajstić information content (AvgIpc) is 2.84. The van der Waals surface area contributed by atoms with Gasteiger partial charge < -0.3 is 16.4 Å². The van der Waals surface area contributed by atoms with Gasteiger partial charge in [0.2, 0.25) is 0 Å². The molecule has 0 saturated heterocycles. The molecule has 0 bridgehead atoms. The maximum Gasteiger partial charge on any atom is 0.315 e. The summed E-state index contributed by atoms with van der Waals surface area (Å²) in [4.78, 5) is 24.8. The van der Waals surface area contributed by atoms with Crippen LogP contribution in [0, 0.1) is 5.41 Å². The summed E-state index contributed by atoms with van der Waals surface area (Å²) >= 11 is 0. The summed E-state index contributed by atoms with van der Waals surface area (Å²) < 4.78 is 28.7. The van der Waals surface area contributed by atoms with Crippen molar-refractivity contribution >= 4 is 11.9 Å². The van der Waals surface area contributed by atoms with Crippen LogP contribution in [0.3, 0.4) is 0 Å². The molecular weight excluding hydrogens is 320 g/mol. The minimum absolute atomic E-state index is 0.0927. The average molecular weight is 339 g/mol. The molecule has 0 atom stereocenters. The number of aromatic nitrogens is 2. The van der Waals surface area contributed by atoms with Crippen LogP contribution in [0.4, 0.5) is 13.6 Å². The minimum Gasteiger partial charge on any atom is -0.365 e. The number of primary amides is 2. The number of urea groups is 1. The molecule has 4 N–H and O–H groups in total. The van der Waals surface area contributed by atoms with E-state index in [0.717, 1.165) is 0 Å². The third-order valence-corrected chi connectivity index (χ3v) is 5.78. The van der Waals surface area contributed by atoms with Crippen molar-refractivity contribution in [2.45, 2.75) is 50.6 Å². The number of halogens is 2. The molecule has 1 spiro atoms. The molecule has 9 heteroatoms. The molecule has 24 heavy (non-hydrogen) atoms. The molecule has 3 amide bonds. The molecule has 0 unspecified atom stereocenters.